The number of carbonyl (C=O) groups excluding carboxylic acids is 1. The van der Waals surface area contributed by atoms with Crippen molar-refractivity contribution in [1.29, 1.82) is 0 Å². The van der Waals surface area contributed by atoms with Crippen LogP contribution in [0.3, 0.4) is 0 Å². The van der Waals surface area contributed by atoms with E-state index in [0.717, 1.165) is 5.56 Å². The second-order valence-corrected chi connectivity index (χ2v) is 6.26. The number of nitrogens with zero attached hydrogens (tertiary/aromatic N) is 2. The van der Waals surface area contributed by atoms with E-state index in [1.165, 1.54) is 17.3 Å². The molecule has 0 saturated heterocycles. The first-order valence-electron chi connectivity index (χ1n) is 8.34. The Hall–Kier alpha value is -3.14. The Morgan fingerprint density at radius 2 is 1.68 bits per heavy atom. The molecule has 0 spiro atoms. The molecule has 1 aliphatic heterocycles. The van der Waals surface area contributed by atoms with Crippen LogP contribution in [-0.2, 0) is 6.54 Å². The van der Waals surface area contributed by atoms with E-state index >= 15 is 0 Å². The SMILES string of the molecule is O=C(c1cccc[n+]1[O-])N1Cc2ccccc2C(c2ccccc2)C1. The van der Waals surface area contributed by atoms with E-state index in [9.17, 15) is 10.0 Å². The molecule has 0 N–H and O–H groups in total. The van der Waals surface area contributed by atoms with Crippen LogP contribution in [-0.4, -0.2) is 17.4 Å². The Kier molecular flexibility index (Phi) is 3.94. The minimum Gasteiger partial charge on any atom is -0.618 e. The highest BCUT2D eigenvalue weighted by Gasteiger charge is 2.32. The van der Waals surface area contributed by atoms with Gasteiger partial charge in [-0.3, -0.25) is 4.79 Å². The van der Waals surface area contributed by atoms with Crippen LogP contribution < -0.4 is 4.73 Å². The quantitative estimate of drug-likeness (QED) is 0.535. The number of pyridine rings is 1. The van der Waals surface area contributed by atoms with Crippen molar-refractivity contribution in [1.82, 2.24) is 4.90 Å². The van der Waals surface area contributed by atoms with Gasteiger partial charge in [0.1, 0.15) is 0 Å². The third kappa shape index (κ3) is 2.87. The molecule has 124 valence electrons. The number of rotatable bonds is 2. The highest BCUT2D eigenvalue weighted by atomic mass is 16.5. The number of fused-ring (bicyclic) bond motifs is 1. The van der Waals surface area contributed by atoms with Gasteiger partial charge in [-0.25, -0.2) is 0 Å². The third-order valence-corrected chi connectivity index (χ3v) is 4.73. The van der Waals surface area contributed by atoms with E-state index in [1.807, 2.05) is 30.3 Å². The summed E-state index contributed by atoms with van der Waals surface area (Å²) < 4.78 is 0.639. The molecule has 1 amide bonds. The molecule has 1 aliphatic rings. The second-order valence-electron chi connectivity index (χ2n) is 6.26. The van der Waals surface area contributed by atoms with E-state index in [2.05, 4.69) is 24.3 Å². The summed E-state index contributed by atoms with van der Waals surface area (Å²) >= 11 is 0. The molecular formula is C21H18N2O2. The van der Waals surface area contributed by atoms with Crippen molar-refractivity contribution in [3.8, 4) is 0 Å². The standard InChI is InChI=1S/C21H18N2O2/c24-21(20-12-6-7-13-23(20)25)22-14-17-10-4-5-11-18(17)19(15-22)16-8-2-1-3-9-16/h1-13,19H,14-15H2. The van der Waals surface area contributed by atoms with Crippen molar-refractivity contribution < 1.29 is 9.52 Å². The Bertz CT molecular complexity index is 909. The summed E-state index contributed by atoms with van der Waals surface area (Å²) in [5.74, 6) is -0.120. The molecule has 0 bridgehead atoms. The Labute approximate surface area is 146 Å². The van der Waals surface area contributed by atoms with Crippen molar-refractivity contribution in [2.75, 3.05) is 6.54 Å². The smallest absolute Gasteiger partial charge is 0.320 e. The summed E-state index contributed by atoms with van der Waals surface area (Å²) in [4.78, 5) is 14.7. The molecular weight excluding hydrogens is 312 g/mol. The molecule has 1 unspecified atom stereocenters. The number of hydrogen-bond acceptors (Lipinski definition) is 2. The maximum absolute atomic E-state index is 12.9. The van der Waals surface area contributed by atoms with Gasteiger partial charge in [-0.2, -0.15) is 4.73 Å². The predicted octanol–water partition coefficient (Wildman–Crippen LogP) is 3.11. The average molecular weight is 330 g/mol. The van der Waals surface area contributed by atoms with E-state index in [1.54, 1.807) is 23.1 Å². The lowest BCUT2D eigenvalue weighted by molar-refractivity contribution is -0.608. The van der Waals surface area contributed by atoms with Gasteiger partial charge in [0.05, 0.1) is 0 Å². The monoisotopic (exact) mass is 330 g/mol. The van der Waals surface area contributed by atoms with Crippen molar-refractivity contribution in [2.45, 2.75) is 12.5 Å². The van der Waals surface area contributed by atoms with Crippen LogP contribution in [0, 0.1) is 5.21 Å². The van der Waals surface area contributed by atoms with E-state index < -0.39 is 0 Å². The number of amides is 1. The lowest BCUT2D eigenvalue weighted by atomic mass is 9.84. The number of benzene rings is 2. The molecule has 0 saturated carbocycles. The zero-order chi connectivity index (χ0) is 17.2. The molecule has 0 fully saturated rings. The lowest BCUT2D eigenvalue weighted by Gasteiger charge is -2.34. The molecule has 1 aromatic heterocycles. The summed E-state index contributed by atoms with van der Waals surface area (Å²) in [6.45, 7) is 1.09. The van der Waals surface area contributed by atoms with Crippen LogP contribution in [0.25, 0.3) is 0 Å². The zero-order valence-electron chi connectivity index (χ0n) is 13.7. The minimum atomic E-state index is -0.231. The molecule has 4 nitrogen and oxygen atoms in total. The maximum atomic E-state index is 12.9. The van der Waals surface area contributed by atoms with Crippen molar-refractivity contribution in [2.24, 2.45) is 0 Å². The molecule has 4 rings (SSSR count). The number of carbonyl (C=O) groups is 1. The highest BCUT2D eigenvalue weighted by Crippen LogP contribution is 2.33. The van der Waals surface area contributed by atoms with Gasteiger partial charge in [0.2, 0.25) is 0 Å². The van der Waals surface area contributed by atoms with Crippen molar-refractivity contribution in [3.05, 3.63) is 107 Å². The first-order chi connectivity index (χ1) is 12.2. The van der Waals surface area contributed by atoms with Crippen LogP contribution in [0.1, 0.15) is 33.1 Å². The fraction of sp³-hybridized carbons (Fsp3) is 0.143. The minimum absolute atomic E-state index is 0.110. The fourth-order valence-electron chi connectivity index (χ4n) is 3.49. The Morgan fingerprint density at radius 3 is 2.48 bits per heavy atom. The van der Waals surface area contributed by atoms with Gasteiger partial charge < -0.3 is 10.1 Å². The van der Waals surface area contributed by atoms with Gasteiger partial charge in [-0.15, -0.1) is 0 Å². The summed E-state index contributed by atoms with van der Waals surface area (Å²) in [6.07, 6.45) is 1.36. The van der Waals surface area contributed by atoms with Gasteiger partial charge in [-0.1, -0.05) is 54.6 Å². The fourth-order valence-corrected chi connectivity index (χ4v) is 3.49. The summed E-state index contributed by atoms with van der Waals surface area (Å²) in [5, 5.41) is 12.0. The highest BCUT2D eigenvalue weighted by molar-refractivity contribution is 5.91. The normalized spacial score (nSPS) is 16.3. The van der Waals surface area contributed by atoms with Gasteiger partial charge in [0.25, 0.3) is 5.69 Å². The molecule has 25 heavy (non-hydrogen) atoms. The van der Waals surface area contributed by atoms with Crippen molar-refractivity contribution >= 4 is 5.91 Å². The molecule has 1 atom stereocenters. The lowest BCUT2D eigenvalue weighted by Crippen LogP contribution is -2.44. The molecule has 2 heterocycles. The average Bonchev–Trinajstić information content (AvgIpc) is 2.67. The molecule has 0 radical (unpaired) electrons. The van der Waals surface area contributed by atoms with Crippen LogP contribution >= 0.6 is 0 Å². The summed E-state index contributed by atoms with van der Waals surface area (Å²) in [7, 11) is 0. The Morgan fingerprint density at radius 1 is 0.960 bits per heavy atom. The molecule has 2 aromatic carbocycles. The van der Waals surface area contributed by atoms with Gasteiger partial charge in [0, 0.05) is 31.1 Å². The van der Waals surface area contributed by atoms with Gasteiger partial charge in [0.15, 0.2) is 6.20 Å². The zero-order valence-corrected chi connectivity index (χ0v) is 13.7. The first kappa shape index (κ1) is 15.4. The topological polar surface area (TPSA) is 47.2 Å². The van der Waals surface area contributed by atoms with Crippen LogP contribution in [0.4, 0.5) is 0 Å². The summed E-state index contributed by atoms with van der Waals surface area (Å²) in [5.41, 5.74) is 3.72. The van der Waals surface area contributed by atoms with Crippen LogP contribution in [0.2, 0.25) is 0 Å². The number of hydrogen-bond donors (Lipinski definition) is 0. The van der Waals surface area contributed by atoms with Crippen LogP contribution in [0.15, 0.2) is 79.0 Å². The molecule has 0 aliphatic carbocycles. The van der Waals surface area contributed by atoms with Crippen molar-refractivity contribution in [3.63, 3.8) is 0 Å². The van der Waals surface area contributed by atoms with Gasteiger partial charge >= 0.3 is 5.91 Å². The maximum Gasteiger partial charge on any atom is 0.320 e. The third-order valence-electron chi connectivity index (χ3n) is 4.73. The molecule has 4 heteroatoms. The van der Waals surface area contributed by atoms with Gasteiger partial charge in [-0.05, 0) is 22.8 Å². The predicted molar refractivity (Wildman–Crippen MR) is 94.9 cm³/mol. The number of aromatic nitrogens is 1. The first-order valence-corrected chi connectivity index (χ1v) is 8.34. The van der Waals surface area contributed by atoms with E-state index in [4.69, 9.17) is 0 Å². The van der Waals surface area contributed by atoms with E-state index in [0.29, 0.717) is 17.8 Å². The Balaban J connectivity index is 1.73. The van der Waals surface area contributed by atoms with E-state index in [-0.39, 0.29) is 17.5 Å². The summed E-state index contributed by atoms with van der Waals surface area (Å²) in [6, 6.07) is 23.3. The largest absolute Gasteiger partial charge is 0.618 e. The molecule has 3 aromatic rings. The second kappa shape index (κ2) is 6.40. The van der Waals surface area contributed by atoms with Crippen LogP contribution in [0.5, 0.6) is 0 Å².